The summed E-state index contributed by atoms with van der Waals surface area (Å²) in [6, 6.07) is 20.6. The number of benzene rings is 3. The molecule has 0 unspecified atom stereocenters. The molecule has 5 nitrogen and oxygen atoms in total. The van der Waals surface area contributed by atoms with Gasteiger partial charge in [-0.1, -0.05) is 54.6 Å². The highest BCUT2D eigenvalue weighted by Crippen LogP contribution is 2.25. The van der Waals surface area contributed by atoms with Crippen LogP contribution in [-0.2, 0) is 9.53 Å². The number of esters is 1. The topological polar surface area (TPSA) is 75.6 Å². The Morgan fingerprint density at radius 3 is 2.32 bits per heavy atom. The zero-order chi connectivity index (χ0) is 20.1. The van der Waals surface area contributed by atoms with Gasteiger partial charge in [0, 0.05) is 11.3 Å². The molecule has 2 N–H and O–H groups in total. The van der Waals surface area contributed by atoms with Gasteiger partial charge < -0.3 is 15.2 Å². The van der Waals surface area contributed by atoms with Crippen LogP contribution < -0.4 is 5.32 Å². The van der Waals surface area contributed by atoms with Crippen molar-refractivity contribution in [2.45, 2.75) is 20.0 Å². The van der Waals surface area contributed by atoms with Gasteiger partial charge in [-0.3, -0.25) is 4.79 Å². The van der Waals surface area contributed by atoms with E-state index in [0.717, 1.165) is 11.1 Å². The van der Waals surface area contributed by atoms with E-state index in [1.165, 1.54) is 12.1 Å². The third-order valence-electron chi connectivity index (χ3n) is 4.34. The van der Waals surface area contributed by atoms with Crippen molar-refractivity contribution in [3.8, 4) is 5.75 Å². The summed E-state index contributed by atoms with van der Waals surface area (Å²) in [4.78, 5) is 25.5. The molecule has 3 aromatic rings. The Balaban J connectivity index is 1.89. The fourth-order valence-corrected chi connectivity index (χ4v) is 2.79. The molecule has 0 bridgehead atoms. The molecule has 0 spiro atoms. The van der Waals surface area contributed by atoms with Crippen molar-refractivity contribution in [1.29, 1.82) is 0 Å². The van der Waals surface area contributed by atoms with Crippen LogP contribution in [0.1, 0.15) is 33.2 Å². The number of carbonyl (C=O) groups is 2. The van der Waals surface area contributed by atoms with Crippen molar-refractivity contribution in [2.24, 2.45) is 0 Å². The second kappa shape index (κ2) is 8.39. The predicted molar refractivity (Wildman–Crippen MR) is 107 cm³/mol. The molecule has 3 aromatic carbocycles. The number of phenolic OH excluding ortho intramolecular Hbond substituents is 1. The van der Waals surface area contributed by atoms with E-state index >= 15 is 0 Å². The van der Waals surface area contributed by atoms with Crippen LogP contribution in [-0.4, -0.2) is 17.0 Å². The Hall–Kier alpha value is -3.60. The first-order valence-electron chi connectivity index (χ1n) is 8.88. The number of amides is 1. The second-order valence-corrected chi connectivity index (χ2v) is 6.52. The summed E-state index contributed by atoms with van der Waals surface area (Å²) < 4.78 is 5.50. The fraction of sp³-hybridized carbons (Fsp3) is 0.130. The molecule has 5 heteroatoms. The van der Waals surface area contributed by atoms with E-state index in [1.54, 1.807) is 36.4 Å². The largest absolute Gasteiger partial charge is 0.507 e. The fourth-order valence-electron chi connectivity index (χ4n) is 2.79. The van der Waals surface area contributed by atoms with Crippen LogP contribution in [0.15, 0.2) is 72.8 Å². The summed E-state index contributed by atoms with van der Waals surface area (Å²) >= 11 is 0. The molecule has 1 amide bonds. The van der Waals surface area contributed by atoms with Crippen LogP contribution in [0.4, 0.5) is 5.69 Å². The molecule has 0 saturated heterocycles. The maximum atomic E-state index is 13.0. The predicted octanol–water partition coefficient (Wildman–Crippen LogP) is 4.55. The molecule has 142 valence electrons. The standard InChI is InChI=1S/C23H21NO4/c1-15-12-13-16(2)19(14-15)24-22(26)21(17-8-4-3-5-9-17)28-23(27)18-10-6-7-11-20(18)25/h3-14,21,25H,1-2H3,(H,24,26)/t21-/m0/s1. The number of phenols is 1. The number of aryl methyl sites for hydroxylation is 2. The first-order chi connectivity index (χ1) is 13.5. The van der Waals surface area contributed by atoms with Gasteiger partial charge in [-0.2, -0.15) is 0 Å². The van der Waals surface area contributed by atoms with E-state index in [1.807, 2.05) is 38.1 Å². The molecule has 1 atom stereocenters. The monoisotopic (exact) mass is 375 g/mol. The minimum Gasteiger partial charge on any atom is -0.507 e. The van der Waals surface area contributed by atoms with E-state index in [4.69, 9.17) is 4.74 Å². The van der Waals surface area contributed by atoms with Crippen molar-refractivity contribution in [1.82, 2.24) is 0 Å². The van der Waals surface area contributed by atoms with Gasteiger partial charge in [0.05, 0.1) is 0 Å². The van der Waals surface area contributed by atoms with E-state index in [0.29, 0.717) is 11.3 Å². The van der Waals surface area contributed by atoms with Gasteiger partial charge in [-0.25, -0.2) is 4.79 Å². The van der Waals surface area contributed by atoms with Crippen molar-refractivity contribution >= 4 is 17.6 Å². The summed E-state index contributed by atoms with van der Waals surface area (Å²) in [7, 11) is 0. The highest BCUT2D eigenvalue weighted by atomic mass is 16.5. The molecular formula is C23H21NO4. The maximum absolute atomic E-state index is 13.0. The Morgan fingerprint density at radius 2 is 1.61 bits per heavy atom. The number of hydrogen-bond donors (Lipinski definition) is 2. The lowest BCUT2D eigenvalue weighted by atomic mass is 10.1. The molecule has 0 aromatic heterocycles. The lowest BCUT2D eigenvalue weighted by Crippen LogP contribution is -2.26. The molecule has 3 rings (SSSR count). The van der Waals surface area contributed by atoms with Crippen molar-refractivity contribution < 1.29 is 19.4 Å². The highest BCUT2D eigenvalue weighted by Gasteiger charge is 2.27. The van der Waals surface area contributed by atoms with Crippen LogP contribution >= 0.6 is 0 Å². The smallest absolute Gasteiger partial charge is 0.343 e. The zero-order valence-corrected chi connectivity index (χ0v) is 15.7. The van der Waals surface area contributed by atoms with Crippen LogP contribution in [0.2, 0.25) is 0 Å². The molecule has 0 heterocycles. The summed E-state index contributed by atoms with van der Waals surface area (Å²) in [6.45, 7) is 3.82. The molecule has 28 heavy (non-hydrogen) atoms. The summed E-state index contributed by atoms with van der Waals surface area (Å²) in [5, 5.41) is 12.7. The maximum Gasteiger partial charge on any atom is 0.343 e. The average Bonchev–Trinajstić information content (AvgIpc) is 2.69. The first-order valence-corrected chi connectivity index (χ1v) is 8.88. The SMILES string of the molecule is Cc1ccc(C)c(NC(=O)[C@@H](OC(=O)c2ccccc2O)c2ccccc2)c1. The zero-order valence-electron chi connectivity index (χ0n) is 15.7. The number of ether oxygens (including phenoxy) is 1. The molecular weight excluding hydrogens is 354 g/mol. The number of carbonyl (C=O) groups excluding carboxylic acids is 2. The van der Waals surface area contributed by atoms with Gasteiger partial charge in [0.2, 0.25) is 6.10 Å². The van der Waals surface area contributed by atoms with Gasteiger partial charge >= 0.3 is 5.97 Å². The molecule has 0 aliphatic rings. The quantitative estimate of drug-likeness (QED) is 0.642. The Bertz CT molecular complexity index is 998. The Labute approximate surface area is 163 Å². The van der Waals surface area contributed by atoms with Gasteiger partial charge in [-0.15, -0.1) is 0 Å². The number of rotatable bonds is 5. The third kappa shape index (κ3) is 4.38. The number of nitrogens with one attached hydrogen (secondary N) is 1. The first kappa shape index (κ1) is 19.2. The van der Waals surface area contributed by atoms with Crippen molar-refractivity contribution in [3.05, 3.63) is 95.1 Å². The summed E-state index contributed by atoms with van der Waals surface area (Å²) in [5.41, 5.74) is 3.10. The number of anilines is 1. The van der Waals surface area contributed by atoms with Crippen LogP contribution in [0.25, 0.3) is 0 Å². The number of para-hydroxylation sites is 1. The highest BCUT2D eigenvalue weighted by molar-refractivity contribution is 5.99. The third-order valence-corrected chi connectivity index (χ3v) is 4.34. The summed E-state index contributed by atoms with van der Waals surface area (Å²) in [5.74, 6) is -1.44. The van der Waals surface area contributed by atoms with Gasteiger partial charge in [0.15, 0.2) is 0 Å². The molecule has 0 fully saturated rings. The van der Waals surface area contributed by atoms with Crippen LogP contribution in [0.3, 0.4) is 0 Å². The lowest BCUT2D eigenvalue weighted by Gasteiger charge is -2.19. The van der Waals surface area contributed by atoms with E-state index < -0.39 is 18.0 Å². The average molecular weight is 375 g/mol. The Kier molecular flexibility index (Phi) is 5.75. The summed E-state index contributed by atoms with van der Waals surface area (Å²) in [6.07, 6.45) is -1.16. The number of aromatic hydroxyl groups is 1. The molecule has 0 saturated carbocycles. The van der Waals surface area contributed by atoms with E-state index in [2.05, 4.69) is 5.32 Å². The van der Waals surface area contributed by atoms with Gasteiger partial charge in [-0.05, 0) is 43.2 Å². The lowest BCUT2D eigenvalue weighted by molar-refractivity contribution is -0.125. The van der Waals surface area contributed by atoms with E-state index in [-0.39, 0.29) is 11.3 Å². The Morgan fingerprint density at radius 1 is 0.929 bits per heavy atom. The molecule has 0 aliphatic heterocycles. The normalized spacial score (nSPS) is 11.5. The molecule has 0 radical (unpaired) electrons. The van der Waals surface area contributed by atoms with Crippen molar-refractivity contribution in [2.75, 3.05) is 5.32 Å². The molecule has 0 aliphatic carbocycles. The minimum absolute atomic E-state index is 0.00275. The number of hydrogen-bond acceptors (Lipinski definition) is 4. The van der Waals surface area contributed by atoms with Crippen LogP contribution in [0.5, 0.6) is 5.75 Å². The van der Waals surface area contributed by atoms with Gasteiger partial charge in [0.1, 0.15) is 11.3 Å². The minimum atomic E-state index is -1.16. The van der Waals surface area contributed by atoms with Crippen molar-refractivity contribution in [3.63, 3.8) is 0 Å². The second-order valence-electron chi connectivity index (χ2n) is 6.52. The van der Waals surface area contributed by atoms with Crippen LogP contribution in [0, 0.1) is 13.8 Å². The van der Waals surface area contributed by atoms with E-state index in [9.17, 15) is 14.7 Å². The van der Waals surface area contributed by atoms with Gasteiger partial charge in [0.25, 0.3) is 5.91 Å².